The Bertz CT molecular complexity index is 673. The van der Waals surface area contributed by atoms with Gasteiger partial charge in [0.25, 0.3) is 11.8 Å². The summed E-state index contributed by atoms with van der Waals surface area (Å²) >= 11 is 3.18. The monoisotopic (exact) mass is 337 g/mol. The number of fused-ring (bicyclic) bond motifs is 1. The van der Waals surface area contributed by atoms with Crippen molar-refractivity contribution in [2.24, 2.45) is 0 Å². The molecule has 1 aromatic rings. The number of amides is 4. The fourth-order valence-electron chi connectivity index (χ4n) is 2.32. The summed E-state index contributed by atoms with van der Waals surface area (Å²) in [7, 11) is 0. The summed E-state index contributed by atoms with van der Waals surface area (Å²) in [5.74, 6) is -2.20. The maximum absolute atomic E-state index is 12.3. The first-order valence-electron chi connectivity index (χ1n) is 5.86. The van der Waals surface area contributed by atoms with Crippen molar-refractivity contribution in [3.8, 4) is 0 Å². The molecule has 0 aromatic carbocycles. The molecule has 2 aliphatic heterocycles. The van der Waals surface area contributed by atoms with E-state index in [1.54, 1.807) is 0 Å². The minimum absolute atomic E-state index is 0.0305. The molecule has 7 nitrogen and oxygen atoms in total. The Kier molecular flexibility index (Phi) is 2.89. The number of imide groups is 2. The van der Waals surface area contributed by atoms with Crippen molar-refractivity contribution in [3.63, 3.8) is 0 Å². The van der Waals surface area contributed by atoms with Gasteiger partial charge in [0.15, 0.2) is 0 Å². The molecular formula is C12H8BrN3O4. The number of pyridine rings is 1. The predicted octanol–water partition coefficient (Wildman–Crippen LogP) is 0.245. The molecule has 20 heavy (non-hydrogen) atoms. The minimum Gasteiger partial charge on any atom is -0.295 e. The van der Waals surface area contributed by atoms with Crippen molar-refractivity contribution in [1.29, 1.82) is 0 Å². The molecule has 1 fully saturated rings. The van der Waals surface area contributed by atoms with Crippen LogP contribution in [0.1, 0.15) is 33.7 Å². The van der Waals surface area contributed by atoms with Crippen molar-refractivity contribution in [3.05, 3.63) is 28.0 Å². The molecule has 102 valence electrons. The predicted molar refractivity (Wildman–Crippen MR) is 68.6 cm³/mol. The zero-order valence-corrected chi connectivity index (χ0v) is 11.6. The van der Waals surface area contributed by atoms with Crippen molar-refractivity contribution in [2.75, 3.05) is 0 Å². The Labute approximate surface area is 121 Å². The Balaban J connectivity index is 1.97. The van der Waals surface area contributed by atoms with Crippen LogP contribution in [0.15, 0.2) is 16.7 Å². The molecule has 4 amide bonds. The molecule has 8 heteroatoms. The normalized spacial score (nSPS) is 22.1. The first kappa shape index (κ1) is 12.9. The van der Waals surface area contributed by atoms with Gasteiger partial charge in [0.1, 0.15) is 11.7 Å². The van der Waals surface area contributed by atoms with Crippen LogP contribution in [0.5, 0.6) is 0 Å². The second-order valence-corrected chi connectivity index (χ2v) is 5.41. The van der Waals surface area contributed by atoms with E-state index in [1.807, 2.05) is 0 Å². The van der Waals surface area contributed by atoms with E-state index < -0.39 is 29.7 Å². The van der Waals surface area contributed by atoms with E-state index in [2.05, 4.69) is 26.2 Å². The van der Waals surface area contributed by atoms with Gasteiger partial charge in [-0.3, -0.25) is 29.4 Å². The Morgan fingerprint density at radius 2 is 2.00 bits per heavy atom. The number of carbonyl (C=O) groups is 4. The molecule has 1 atom stereocenters. The lowest BCUT2D eigenvalue weighted by Gasteiger charge is -2.27. The SMILES string of the molecule is O=C1CCC(N2C(=O)c3cc(Br)cnc3C2=O)C(=O)N1. The van der Waals surface area contributed by atoms with Crippen LogP contribution in [0.4, 0.5) is 0 Å². The Morgan fingerprint density at radius 3 is 2.70 bits per heavy atom. The molecule has 0 aliphatic carbocycles. The number of aromatic nitrogens is 1. The fourth-order valence-corrected chi connectivity index (χ4v) is 2.65. The molecule has 0 radical (unpaired) electrons. The van der Waals surface area contributed by atoms with Crippen LogP contribution in [-0.4, -0.2) is 39.6 Å². The van der Waals surface area contributed by atoms with E-state index in [-0.39, 0.29) is 24.1 Å². The second kappa shape index (κ2) is 4.48. The van der Waals surface area contributed by atoms with Crippen LogP contribution in [0.25, 0.3) is 0 Å². The summed E-state index contributed by atoms with van der Waals surface area (Å²) in [5.41, 5.74) is 0.192. The molecule has 3 rings (SSSR count). The number of carbonyl (C=O) groups excluding carboxylic acids is 4. The highest BCUT2D eigenvalue weighted by Gasteiger charge is 2.45. The summed E-state index contributed by atoms with van der Waals surface area (Å²) < 4.78 is 0.572. The quantitative estimate of drug-likeness (QED) is 0.740. The number of rotatable bonds is 1. The average molecular weight is 338 g/mol. The number of hydrogen-bond acceptors (Lipinski definition) is 5. The third-order valence-electron chi connectivity index (χ3n) is 3.25. The van der Waals surface area contributed by atoms with E-state index in [0.717, 1.165) is 4.90 Å². The highest BCUT2D eigenvalue weighted by Crippen LogP contribution is 2.27. The molecule has 1 aromatic heterocycles. The Hall–Kier alpha value is -2.09. The summed E-state index contributed by atoms with van der Waals surface area (Å²) in [6, 6.07) is 0.537. The molecule has 0 bridgehead atoms. The molecule has 1 unspecified atom stereocenters. The first-order valence-corrected chi connectivity index (χ1v) is 6.65. The summed E-state index contributed by atoms with van der Waals surface area (Å²) in [6.07, 6.45) is 1.65. The van der Waals surface area contributed by atoms with Gasteiger partial charge < -0.3 is 0 Å². The van der Waals surface area contributed by atoms with E-state index in [9.17, 15) is 19.2 Å². The minimum atomic E-state index is -0.958. The van der Waals surface area contributed by atoms with Gasteiger partial charge >= 0.3 is 0 Å². The number of nitrogens with zero attached hydrogens (tertiary/aromatic N) is 2. The van der Waals surface area contributed by atoms with Gasteiger partial charge in [0.05, 0.1) is 5.56 Å². The summed E-state index contributed by atoms with van der Waals surface area (Å²) in [5, 5.41) is 2.13. The number of nitrogens with one attached hydrogen (secondary N) is 1. The molecule has 3 heterocycles. The van der Waals surface area contributed by atoms with Crippen molar-refractivity contribution >= 4 is 39.6 Å². The zero-order chi connectivity index (χ0) is 14.4. The maximum Gasteiger partial charge on any atom is 0.280 e. The van der Waals surface area contributed by atoms with Crippen molar-refractivity contribution < 1.29 is 19.2 Å². The largest absolute Gasteiger partial charge is 0.295 e. The Morgan fingerprint density at radius 1 is 1.25 bits per heavy atom. The van der Waals surface area contributed by atoms with Gasteiger partial charge in [-0.25, -0.2) is 4.98 Å². The molecule has 1 N–H and O–H groups in total. The van der Waals surface area contributed by atoms with Gasteiger partial charge in [-0.05, 0) is 28.4 Å². The van der Waals surface area contributed by atoms with E-state index in [0.29, 0.717) is 4.47 Å². The van der Waals surface area contributed by atoms with Gasteiger partial charge in [0, 0.05) is 17.1 Å². The topological polar surface area (TPSA) is 96.4 Å². The van der Waals surface area contributed by atoms with Crippen LogP contribution in [-0.2, 0) is 9.59 Å². The highest BCUT2D eigenvalue weighted by molar-refractivity contribution is 9.10. The number of piperidine rings is 1. The summed E-state index contributed by atoms with van der Waals surface area (Å²) in [6.45, 7) is 0. The van der Waals surface area contributed by atoms with E-state index in [4.69, 9.17) is 0 Å². The standard InChI is InChI=1S/C12H8BrN3O4/c13-5-3-6-9(14-4-5)12(20)16(11(6)19)7-1-2-8(17)15-10(7)18/h3-4,7H,1-2H2,(H,15,17,18). The maximum atomic E-state index is 12.3. The van der Waals surface area contributed by atoms with Crippen LogP contribution in [0.3, 0.4) is 0 Å². The number of halogens is 1. The van der Waals surface area contributed by atoms with Crippen LogP contribution in [0, 0.1) is 0 Å². The third kappa shape index (κ3) is 1.83. The average Bonchev–Trinajstić information content (AvgIpc) is 2.63. The lowest BCUT2D eigenvalue weighted by atomic mass is 10.0. The molecule has 2 aliphatic rings. The van der Waals surface area contributed by atoms with Gasteiger partial charge in [0.2, 0.25) is 11.8 Å². The zero-order valence-electron chi connectivity index (χ0n) is 10.1. The number of hydrogen-bond donors (Lipinski definition) is 1. The van der Waals surface area contributed by atoms with Crippen molar-refractivity contribution in [2.45, 2.75) is 18.9 Å². The lowest BCUT2D eigenvalue weighted by molar-refractivity contribution is -0.136. The van der Waals surface area contributed by atoms with Crippen LogP contribution in [0.2, 0.25) is 0 Å². The molecule has 0 saturated carbocycles. The second-order valence-electron chi connectivity index (χ2n) is 4.50. The van der Waals surface area contributed by atoms with E-state index in [1.165, 1.54) is 12.3 Å². The lowest BCUT2D eigenvalue weighted by Crippen LogP contribution is -2.54. The van der Waals surface area contributed by atoms with Crippen LogP contribution < -0.4 is 5.32 Å². The fraction of sp³-hybridized carbons (Fsp3) is 0.250. The van der Waals surface area contributed by atoms with Gasteiger partial charge in [-0.2, -0.15) is 0 Å². The summed E-state index contributed by atoms with van der Waals surface area (Å²) in [4.78, 5) is 52.2. The molecule has 0 spiro atoms. The molecule has 1 saturated heterocycles. The van der Waals surface area contributed by atoms with Gasteiger partial charge in [-0.1, -0.05) is 0 Å². The first-order chi connectivity index (χ1) is 9.49. The molecular weight excluding hydrogens is 330 g/mol. The third-order valence-corrected chi connectivity index (χ3v) is 3.68. The highest BCUT2D eigenvalue weighted by atomic mass is 79.9. The van der Waals surface area contributed by atoms with Crippen molar-refractivity contribution in [1.82, 2.24) is 15.2 Å². The van der Waals surface area contributed by atoms with E-state index >= 15 is 0 Å². The van der Waals surface area contributed by atoms with Crippen LogP contribution >= 0.6 is 15.9 Å². The smallest absolute Gasteiger partial charge is 0.280 e. The van der Waals surface area contributed by atoms with Gasteiger partial charge in [-0.15, -0.1) is 0 Å².